The summed E-state index contributed by atoms with van der Waals surface area (Å²) in [6.45, 7) is 1.68. The molecule has 0 radical (unpaired) electrons. The second-order valence-electron chi connectivity index (χ2n) is 7.30. The van der Waals surface area contributed by atoms with Crippen molar-refractivity contribution in [3.8, 4) is 11.1 Å². The number of halogens is 2. The topological polar surface area (TPSA) is 91.3 Å². The average Bonchev–Trinajstić information content (AvgIpc) is 3.20. The Balaban J connectivity index is 0.00000324. The minimum absolute atomic E-state index is 0. The number of amides is 1. The molecule has 3 aromatic carbocycles. The minimum Gasteiger partial charge on any atom is -0.480 e. The molecule has 176 valence electrons. The van der Waals surface area contributed by atoms with Gasteiger partial charge in [0.25, 0.3) is 5.91 Å². The van der Waals surface area contributed by atoms with Crippen molar-refractivity contribution < 1.29 is 19.1 Å². The van der Waals surface area contributed by atoms with Gasteiger partial charge in [-0.05, 0) is 60.0 Å². The van der Waals surface area contributed by atoms with Crippen molar-refractivity contribution in [1.82, 2.24) is 10.3 Å². The van der Waals surface area contributed by atoms with Gasteiger partial charge in [0.15, 0.2) is 5.13 Å². The van der Waals surface area contributed by atoms with Crippen LogP contribution in [0.3, 0.4) is 0 Å². The number of hydrogen-bond donors (Lipinski definition) is 3. The van der Waals surface area contributed by atoms with E-state index < -0.39 is 23.7 Å². The summed E-state index contributed by atoms with van der Waals surface area (Å²) >= 11 is 7.39. The second kappa shape index (κ2) is 10.6. The number of fused-ring (bicyclic) bond motifs is 1. The smallest absolute Gasteiger partial charge is 0.326 e. The molecule has 0 aliphatic rings. The number of anilines is 2. The SMILES string of the molecule is C.CC[C@H](NC(=O)c1ccc(-c2ccc(Nc3nc4ccc(Cl)cc4s3)c(F)c2)cc1)C(=O)O. The molecular formula is C25H23ClFN3O3S. The maximum atomic E-state index is 14.8. The van der Waals surface area contributed by atoms with Crippen LogP contribution in [0.15, 0.2) is 60.7 Å². The number of carbonyl (C=O) groups excluding carboxylic acids is 1. The van der Waals surface area contributed by atoms with Gasteiger partial charge in [-0.2, -0.15) is 0 Å². The van der Waals surface area contributed by atoms with Gasteiger partial charge in [-0.15, -0.1) is 0 Å². The summed E-state index contributed by atoms with van der Waals surface area (Å²) in [5, 5.41) is 15.7. The molecule has 1 atom stereocenters. The van der Waals surface area contributed by atoms with Crippen LogP contribution in [-0.2, 0) is 4.79 Å². The lowest BCUT2D eigenvalue weighted by Crippen LogP contribution is -2.40. The molecule has 34 heavy (non-hydrogen) atoms. The zero-order valence-electron chi connectivity index (χ0n) is 17.4. The van der Waals surface area contributed by atoms with Gasteiger partial charge < -0.3 is 15.7 Å². The lowest BCUT2D eigenvalue weighted by Gasteiger charge is -2.12. The van der Waals surface area contributed by atoms with E-state index in [1.807, 2.05) is 12.1 Å². The second-order valence-corrected chi connectivity index (χ2v) is 8.77. The first-order valence-corrected chi connectivity index (χ1v) is 11.3. The molecule has 6 nitrogen and oxygen atoms in total. The van der Waals surface area contributed by atoms with Crippen molar-refractivity contribution in [2.24, 2.45) is 0 Å². The third-order valence-corrected chi connectivity index (χ3v) is 6.22. The van der Waals surface area contributed by atoms with Crippen molar-refractivity contribution in [3.63, 3.8) is 0 Å². The van der Waals surface area contributed by atoms with Crippen LogP contribution in [0.5, 0.6) is 0 Å². The van der Waals surface area contributed by atoms with Crippen LogP contribution < -0.4 is 10.6 Å². The molecule has 0 saturated heterocycles. The van der Waals surface area contributed by atoms with Crippen molar-refractivity contribution >= 4 is 55.8 Å². The third kappa shape index (κ3) is 5.52. The highest BCUT2D eigenvalue weighted by molar-refractivity contribution is 7.22. The lowest BCUT2D eigenvalue weighted by molar-refractivity contribution is -0.139. The highest BCUT2D eigenvalue weighted by Gasteiger charge is 2.18. The molecule has 0 bridgehead atoms. The predicted molar refractivity (Wildman–Crippen MR) is 136 cm³/mol. The van der Waals surface area contributed by atoms with Gasteiger partial charge in [-0.25, -0.2) is 14.2 Å². The first kappa shape index (κ1) is 25.1. The molecule has 0 aliphatic heterocycles. The summed E-state index contributed by atoms with van der Waals surface area (Å²) in [5.41, 5.74) is 2.75. The largest absolute Gasteiger partial charge is 0.480 e. The van der Waals surface area contributed by atoms with Crippen LogP contribution in [0, 0.1) is 5.82 Å². The monoisotopic (exact) mass is 499 g/mol. The van der Waals surface area contributed by atoms with Crippen LogP contribution in [0.1, 0.15) is 31.1 Å². The normalized spacial score (nSPS) is 11.5. The van der Waals surface area contributed by atoms with Crippen LogP contribution in [0.4, 0.5) is 15.2 Å². The number of nitrogens with zero attached hydrogens (tertiary/aromatic N) is 1. The molecule has 1 amide bonds. The van der Waals surface area contributed by atoms with E-state index in [0.29, 0.717) is 27.0 Å². The summed E-state index contributed by atoms with van der Waals surface area (Å²) in [4.78, 5) is 27.8. The van der Waals surface area contributed by atoms with Crippen LogP contribution >= 0.6 is 22.9 Å². The Kier molecular flexibility index (Phi) is 7.86. The van der Waals surface area contributed by atoms with E-state index in [4.69, 9.17) is 16.7 Å². The number of aliphatic carboxylic acids is 1. The Bertz CT molecular complexity index is 1340. The Morgan fingerprint density at radius 3 is 2.44 bits per heavy atom. The summed E-state index contributed by atoms with van der Waals surface area (Å²) in [6, 6.07) is 15.8. The van der Waals surface area contributed by atoms with E-state index >= 15 is 0 Å². The van der Waals surface area contributed by atoms with Crippen molar-refractivity contribution in [2.75, 3.05) is 5.32 Å². The quantitative estimate of drug-likeness (QED) is 0.262. The van der Waals surface area contributed by atoms with Gasteiger partial charge in [0, 0.05) is 10.6 Å². The van der Waals surface area contributed by atoms with E-state index in [0.717, 1.165) is 15.8 Å². The molecule has 0 spiro atoms. The molecule has 0 aliphatic carbocycles. The number of rotatable bonds is 7. The van der Waals surface area contributed by atoms with Crippen molar-refractivity contribution in [1.29, 1.82) is 0 Å². The van der Waals surface area contributed by atoms with Crippen molar-refractivity contribution in [2.45, 2.75) is 26.8 Å². The molecule has 1 heterocycles. The molecule has 0 saturated carbocycles. The lowest BCUT2D eigenvalue weighted by atomic mass is 10.0. The predicted octanol–water partition coefficient (Wildman–Crippen LogP) is 6.73. The van der Waals surface area contributed by atoms with E-state index in [9.17, 15) is 14.0 Å². The summed E-state index contributed by atoms with van der Waals surface area (Å²) < 4.78 is 15.7. The molecule has 3 N–H and O–H groups in total. The fourth-order valence-corrected chi connectivity index (χ4v) is 4.41. The van der Waals surface area contributed by atoms with Gasteiger partial charge in [0.05, 0.1) is 15.9 Å². The number of hydrogen-bond acceptors (Lipinski definition) is 5. The molecule has 1 aromatic heterocycles. The molecule has 0 unspecified atom stereocenters. The summed E-state index contributed by atoms with van der Waals surface area (Å²) in [6.07, 6.45) is 0.281. The fraction of sp³-hybridized carbons (Fsp3) is 0.160. The molecule has 0 fully saturated rings. The van der Waals surface area contributed by atoms with E-state index in [1.165, 1.54) is 17.4 Å². The number of carboxylic acids is 1. The maximum Gasteiger partial charge on any atom is 0.326 e. The fourth-order valence-electron chi connectivity index (χ4n) is 3.26. The van der Waals surface area contributed by atoms with Crippen LogP contribution in [0.25, 0.3) is 21.3 Å². The summed E-state index contributed by atoms with van der Waals surface area (Å²) in [5.74, 6) is -2.00. The van der Waals surface area contributed by atoms with E-state index in [1.54, 1.807) is 49.4 Å². The van der Waals surface area contributed by atoms with Gasteiger partial charge >= 0.3 is 5.97 Å². The Labute approximate surface area is 205 Å². The zero-order chi connectivity index (χ0) is 23.5. The van der Waals surface area contributed by atoms with Gasteiger partial charge in [-0.1, -0.05) is 55.5 Å². The highest BCUT2D eigenvalue weighted by Crippen LogP contribution is 2.32. The van der Waals surface area contributed by atoms with Gasteiger partial charge in [0.2, 0.25) is 0 Å². The average molecular weight is 500 g/mol. The number of aromatic nitrogens is 1. The number of carbonyl (C=O) groups is 2. The molecular weight excluding hydrogens is 477 g/mol. The van der Waals surface area contributed by atoms with Gasteiger partial charge in [0.1, 0.15) is 11.9 Å². The van der Waals surface area contributed by atoms with E-state index in [-0.39, 0.29) is 13.8 Å². The molecule has 4 aromatic rings. The number of nitrogens with one attached hydrogen (secondary N) is 2. The van der Waals surface area contributed by atoms with Crippen LogP contribution in [0.2, 0.25) is 5.02 Å². The van der Waals surface area contributed by atoms with Gasteiger partial charge in [-0.3, -0.25) is 4.79 Å². The third-order valence-electron chi connectivity index (χ3n) is 5.05. The Hall–Kier alpha value is -3.49. The Morgan fingerprint density at radius 1 is 1.09 bits per heavy atom. The maximum absolute atomic E-state index is 14.8. The first-order chi connectivity index (χ1) is 15.8. The number of carboxylic acid groups (broad SMARTS) is 1. The molecule has 9 heteroatoms. The number of benzene rings is 3. The Morgan fingerprint density at radius 2 is 1.79 bits per heavy atom. The van der Waals surface area contributed by atoms with Crippen molar-refractivity contribution in [3.05, 3.63) is 77.1 Å². The van der Waals surface area contributed by atoms with E-state index in [2.05, 4.69) is 15.6 Å². The summed E-state index contributed by atoms with van der Waals surface area (Å²) in [7, 11) is 0. The zero-order valence-corrected chi connectivity index (χ0v) is 19.0. The first-order valence-electron chi connectivity index (χ1n) is 10.1. The minimum atomic E-state index is -1.08. The number of thiazole rings is 1. The molecule has 4 rings (SSSR count). The standard InChI is InChI=1S/C24H19ClFN3O3S.CH4/c1-2-18(23(31)32)27-22(30)14-5-3-13(4-6-14)15-7-9-19(17(26)11-15)28-24-29-20-10-8-16(25)12-21(20)33-24;/h3-12,18H,2H2,1H3,(H,27,30)(H,28,29)(H,31,32);1H4/t18-;/m0./s1. The van der Waals surface area contributed by atoms with Crippen LogP contribution in [-0.4, -0.2) is 28.0 Å². The highest BCUT2D eigenvalue weighted by atomic mass is 35.5.